The molecule has 0 bridgehead atoms. The third kappa shape index (κ3) is 7.06. The predicted octanol–water partition coefficient (Wildman–Crippen LogP) is 1.36. The van der Waals surface area contributed by atoms with Crippen LogP contribution in [0.4, 0.5) is 4.79 Å². The van der Waals surface area contributed by atoms with Crippen molar-refractivity contribution in [2.75, 3.05) is 39.5 Å². The number of amides is 3. The minimum Gasteiger partial charge on any atom is -0.482 e. The number of hydrogen-bond acceptors (Lipinski definition) is 9. The summed E-state index contributed by atoms with van der Waals surface area (Å²) in [6.07, 6.45) is 1.38. The van der Waals surface area contributed by atoms with Gasteiger partial charge in [-0.25, -0.2) is 14.5 Å². The second-order valence-electron chi connectivity index (χ2n) is 6.57. The molecule has 1 aliphatic heterocycles. The summed E-state index contributed by atoms with van der Waals surface area (Å²) in [4.78, 5) is 62.7. The highest BCUT2D eigenvalue weighted by molar-refractivity contribution is 6.15. The zero-order chi connectivity index (χ0) is 24.4. The Morgan fingerprint density at radius 1 is 0.848 bits per heavy atom. The summed E-state index contributed by atoms with van der Waals surface area (Å²) in [5.41, 5.74) is 0.333. The summed E-state index contributed by atoms with van der Waals surface area (Å²) < 4.78 is 19.9. The molecular weight excluding hydrogens is 436 g/mol. The molecule has 33 heavy (non-hydrogen) atoms. The van der Waals surface area contributed by atoms with Crippen molar-refractivity contribution in [2.45, 2.75) is 20.8 Å². The molecule has 3 amide bonds. The molecule has 0 N–H and O–H groups in total. The minimum atomic E-state index is -0.845. The fraction of sp³-hybridized carbons (Fsp3) is 0.409. The topological polar surface area (TPSA) is 129 Å². The van der Waals surface area contributed by atoms with Crippen LogP contribution in [-0.2, 0) is 33.4 Å². The molecule has 1 aliphatic rings. The van der Waals surface area contributed by atoms with Crippen molar-refractivity contribution in [2.24, 2.45) is 0 Å². The van der Waals surface area contributed by atoms with E-state index < -0.39 is 42.9 Å². The Labute approximate surface area is 190 Å². The first-order valence-corrected chi connectivity index (χ1v) is 10.3. The Morgan fingerprint density at radius 2 is 1.42 bits per heavy atom. The lowest BCUT2D eigenvalue weighted by Gasteiger charge is -2.16. The van der Waals surface area contributed by atoms with Gasteiger partial charge in [-0.1, -0.05) is 12.1 Å². The smallest absolute Gasteiger partial charge is 0.344 e. The molecule has 2 rings (SSSR count). The monoisotopic (exact) mass is 462 g/mol. The third-order valence-electron chi connectivity index (χ3n) is 4.23. The van der Waals surface area contributed by atoms with E-state index >= 15 is 0 Å². The quantitative estimate of drug-likeness (QED) is 0.207. The van der Waals surface area contributed by atoms with Gasteiger partial charge in [0.15, 0.2) is 6.61 Å². The van der Waals surface area contributed by atoms with Crippen LogP contribution < -0.4 is 4.74 Å². The van der Waals surface area contributed by atoms with Gasteiger partial charge >= 0.3 is 23.9 Å². The average molecular weight is 462 g/mol. The van der Waals surface area contributed by atoms with Crippen molar-refractivity contribution in [1.29, 1.82) is 0 Å². The van der Waals surface area contributed by atoms with Crippen molar-refractivity contribution >= 4 is 35.9 Å². The molecule has 0 aromatic heterocycles. The van der Waals surface area contributed by atoms with E-state index in [4.69, 9.17) is 18.9 Å². The number of imide groups is 1. The highest BCUT2D eigenvalue weighted by atomic mass is 16.6. The number of esters is 3. The van der Waals surface area contributed by atoms with E-state index in [1.54, 1.807) is 45.0 Å². The first-order valence-electron chi connectivity index (χ1n) is 10.3. The Bertz CT molecular complexity index is 942. The van der Waals surface area contributed by atoms with E-state index in [-0.39, 0.29) is 32.1 Å². The normalized spacial score (nSPS) is 14.5. The van der Waals surface area contributed by atoms with Gasteiger partial charge in [-0.05, 0) is 44.5 Å². The summed E-state index contributed by atoms with van der Waals surface area (Å²) in [6.45, 7) is 3.90. The summed E-state index contributed by atoms with van der Waals surface area (Å²) >= 11 is 0. The third-order valence-corrected chi connectivity index (χ3v) is 4.23. The number of carbonyl (C=O) groups excluding carboxylic acids is 5. The van der Waals surface area contributed by atoms with E-state index in [1.807, 2.05) is 0 Å². The van der Waals surface area contributed by atoms with E-state index in [0.29, 0.717) is 16.2 Å². The van der Waals surface area contributed by atoms with Crippen LogP contribution in [-0.4, -0.2) is 79.2 Å². The van der Waals surface area contributed by atoms with Crippen LogP contribution in [0.1, 0.15) is 26.3 Å². The number of carbonyl (C=O) groups is 5. The van der Waals surface area contributed by atoms with Crippen molar-refractivity contribution in [3.63, 3.8) is 0 Å². The van der Waals surface area contributed by atoms with E-state index in [9.17, 15) is 24.0 Å². The standard InChI is InChI=1S/C22H26N2O9/c1-4-30-18(25)12-23-17(21(28)24(22(23)29)13-19(26)31-5-2)11-15-8-7-9-16(10-15)33-14-20(27)32-6-3/h7-11H,4-6,12-14H2,1-3H3/b17-11+. The number of rotatable bonds is 11. The van der Waals surface area contributed by atoms with Crippen LogP contribution in [0.3, 0.4) is 0 Å². The lowest BCUT2D eigenvalue weighted by atomic mass is 10.1. The highest BCUT2D eigenvalue weighted by Gasteiger charge is 2.43. The molecule has 0 unspecified atom stereocenters. The Hall–Kier alpha value is -3.89. The van der Waals surface area contributed by atoms with Gasteiger partial charge < -0.3 is 18.9 Å². The SMILES string of the molecule is CCOC(=O)COc1cccc(/C=C2\C(=O)N(CC(=O)OCC)C(=O)N2CC(=O)OCC)c1. The fourth-order valence-electron chi connectivity index (χ4n) is 2.89. The van der Waals surface area contributed by atoms with Crippen molar-refractivity contribution < 1.29 is 42.9 Å². The molecule has 1 aromatic carbocycles. The summed E-state index contributed by atoms with van der Waals surface area (Å²) in [5.74, 6) is -2.45. The second kappa shape index (κ2) is 12.2. The molecule has 0 radical (unpaired) electrons. The fourth-order valence-corrected chi connectivity index (χ4v) is 2.89. The largest absolute Gasteiger partial charge is 0.482 e. The molecule has 1 fully saturated rings. The molecule has 0 saturated carbocycles. The molecule has 11 nitrogen and oxygen atoms in total. The summed E-state index contributed by atoms with van der Waals surface area (Å²) in [7, 11) is 0. The van der Waals surface area contributed by atoms with Gasteiger partial charge in [0, 0.05) is 0 Å². The predicted molar refractivity (Wildman–Crippen MR) is 114 cm³/mol. The Balaban J connectivity index is 2.30. The average Bonchev–Trinajstić information content (AvgIpc) is 2.97. The highest BCUT2D eigenvalue weighted by Crippen LogP contribution is 2.25. The maximum Gasteiger partial charge on any atom is 0.344 e. The molecule has 1 saturated heterocycles. The molecule has 178 valence electrons. The van der Waals surface area contributed by atoms with Crippen LogP contribution in [0.5, 0.6) is 5.75 Å². The first-order chi connectivity index (χ1) is 15.8. The molecule has 0 aliphatic carbocycles. The summed E-state index contributed by atoms with van der Waals surface area (Å²) in [5, 5.41) is 0. The molecule has 0 atom stereocenters. The molecule has 11 heteroatoms. The molecular formula is C22H26N2O9. The Morgan fingerprint density at radius 3 is 2.03 bits per heavy atom. The zero-order valence-electron chi connectivity index (χ0n) is 18.7. The summed E-state index contributed by atoms with van der Waals surface area (Å²) in [6, 6.07) is 5.56. The molecule has 1 heterocycles. The van der Waals surface area contributed by atoms with Gasteiger partial charge in [-0.15, -0.1) is 0 Å². The van der Waals surface area contributed by atoms with Crippen LogP contribution in [0.2, 0.25) is 0 Å². The number of benzene rings is 1. The van der Waals surface area contributed by atoms with Gasteiger partial charge in [0.25, 0.3) is 5.91 Å². The Kier molecular flexibility index (Phi) is 9.40. The second-order valence-corrected chi connectivity index (χ2v) is 6.57. The van der Waals surface area contributed by atoms with Gasteiger partial charge in [0.2, 0.25) is 0 Å². The van der Waals surface area contributed by atoms with Crippen molar-refractivity contribution in [3.8, 4) is 5.75 Å². The number of hydrogen-bond donors (Lipinski definition) is 0. The van der Waals surface area contributed by atoms with Crippen molar-refractivity contribution in [3.05, 3.63) is 35.5 Å². The number of urea groups is 1. The van der Waals surface area contributed by atoms with Gasteiger partial charge in [0.05, 0.1) is 19.8 Å². The minimum absolute atomic E-state index is 0.0862. The number of nitrogens with zero attached hydrogens (tertiary/aromatic N) is 2. The number of ether oxygens (including phenoxy) is 4. The van der Waals surface area contributed by atoms with E-state index in [0.717, 1.165) is 4.90 Å². The van der Waals surface area contributed by atoms with Gasteiger partial charge in [0.1, 0.15) is 24.5 Å². The van der Waals surface area contributed by atoms with Crippen LogP contribution >= 0.6 is 0 Å². The van der Waals surface area contributed by atoms with E-state index in [2.05, 4.69) is 0 Å². The van der Waals surface area contributed by atoms with Gasteiger partial charge in [-0.2, -0.15) is 0 Å². The maximum absolute atomic E-state index is 12.9. The maximum atomic E-state index is 12.9. The van der Waals surface area contributed by atoms with E-state index in [1.165, 1.54) is 6.08 Å². The van der Waals surface area contributed by atoms with Crippen molar-refractivity contribution in [1.82, 2.24) is 9.80 Å². The lowest BCUT2D eigenvalue weighted by molar-refractivity contribution is -0.146. The molecule has 0 spiro atoms. The van der Waals surface area contributed by atoms with Crippen LogP contribution in [0.25, 0.3) is 6.08 Å². The van der Waals surface area contributed by atoms with Gasteiger partial charge in [-0.3, -0.25) is 19.3 Å². The molecule has 1 aromatic rings. The van der Waals surface area contributed by atoms with Crippen LogP contribution in [0.15, 0.2) is 30.0 Å². The first kappa shape index (κ1) is 25.4. The van der Waals surface area contributed by atoms with Crippen LogP contribution in [0, 0.1) is 0 Å². The lowest BCUT2D eigenvalue weighted by Crippen LogP contribution is -2.39. The zero-order valence-corrected chi connectivity index (χ0v) is 18.7.